The first kappa shape index (κ1) is 37.5. The molecule has 8 rings (SSSR count). The van der Waals surface area contributed by atoms with E-state index in [0.29, 0.717) is 11.8 Å². The fraction of sp³-hybridized carbons (Fsp3) is 0.0769. The van der Waals surface area contributed by atoms with Crippen molar-refractivity contribution in [2.45, 2.75) is 26.2 Å². The van der Waals surface area contributed by atoms with Gasteiger partial charge in [0.05, 0.1) is 0 Å². The van der Waals surface area contributed by atoms with E-state index in [1.54, 1.807) is 24.8 Å². The molecule has 3 aromatic heterocycles. The molecule has 0 aliphatic heterocycles. The van der Waals surface area contributed by atoms with E-state index in [4.69, 9.17) is 4.42 Å². The van der Waals surface area contributed by atoms with Gasteiger partial charge in [0.25, 0.3) is 0 Å². The second-order valence-electron chi connectivity index (χ2n) is 15.0. The zero-order valence-electron chi connectivity index (χ0n) is 32.8. The molecule has 0 saturated carbocycles. The molecule has 282 valence electrons. The van der Waals surface area contributed by atoms with Crippen LogP contribution in [0.1, 0.15) is 59.7 Å². The predicted octanol–water partition coefficient (Wildman–Crippen LogP) is 13.5. The lowest BCUT2D eigenvalue weighted by molar-refractivity contribution is 0.582. The van der Waals surface area contributed by atoms with Gasteiger partial charge in [-0.2, -0.15) is 0 Å². The number of rotatable bonds is 11. The van der Waals surface area contributed by atoms with E-state index in [0.717, 1.165) is 61.6 Å². The highest BCUT2D eigenvalue weighted by Gasteiger charge is 2.16. The van der Waals surface area contributed by atoms with Crippen LogP contribution in [-0.4, -0.2) is 20.2 Å². The minimum Gasteiger partial charge on any atom is -0.416 e. The predicted molar refractivity (Wildman–Crippen MR) is 240 cm³/mol. The molecule has 0 bridgehead atoms. The smallest absolute Gasteiger partial charge is 0.248 e. The van der Waals surface area contributed by atoms with Crippen molar-refractivity contribution in [2.24, 2.45) is 0 Å². The summed E-state index contributed by atoms with van der Waals surface area (Å²) in [6.07, 6.45) is 19.9. The van der Waals surface area contributed by atoms with Crippen LogP contribution in [-0.2, 0) is 5.41 Å². The highest BCUT2D eigenvalue weighted by Crippen LogP contribution is 2.36. The number of pyridine rings is 2. The highest BCUT2D eigenvalue weighted by molar-refractivity contribution is 5.80. The molecule has 0 saturated heterocycles. The van der Waals surface area contributed by atoms with Crippen molar-refractivity contribution in [1.82, 2.24) is 20.2 Å². The van der Waals surface area contributed by atoms with Gasteiger partial charge in [-0.05, 0) is 129 Å². The summed E-state index contributed by atoms with van der Waals surface area (Å²) in [7, 11) is 0. The number of benzene rings is 5. The number of nitrogens with zero attached hydrogens (tertiary/aromatic N) is 5. The topological polar surface area (TPSA) is 67.9 Å². The van der Waals surface area contributed by atoms with E-state index in [-0.39, 0.29) is 5.41 Å². The first-order chi connectivity index (χ1) is 28.3. The average Bonchev–Trinajstić information content (AvgIpc) is 3.77. The molecule has 0 unspecified atom stereocenters. The zero-order valence-corrected chi connectivity index (χ0v) is 32.8. The molecule has 0 radical (unpaired) electrons. The monoisotopic (exact) mass is 753 g/mol. The van der Waals surface area contributed by atoms with Gasteiger partial charge in [-0.3, -0.25) is 9.97 Å². The number of anilines is 3. The van der Waals surface area contributed by atoms with Crippen molar-refractivity contribution in [3.8, 4) is 22.9 Å². The molecule has 0 aliphatic carbocycles. The fourth-order valence-electron chi connectivity index (χ4n) is 6.48. The molecule has 58 heavy (non-hydrogen) atoms. The summed E-state index contributed by atoms with van der Waals surface area (Å²) >= 11 is 0. The van der Waals surface area contributed by atoms with Crippen LogP contribution in [0.15, 0.2) is 175 Å². The molecule has 0 aliphatic rings. The van der Waals surface area contributed by atoms with Crippen LogP contribution in [0, 0.1) is 0 Å². The third kappa shape index (κ3) is 9.32. The minimum atomic E-state index is 0.0842. The second-order valence-corrected chi connectivity index (χ2v) is 15.0. The summed E-state index contributed by atoms with van der Waals surface area (Å²) in [6, 6.07) is 50.4. The van der Waals surface area contributed by atoms with E-state index in [9.17, 15) is 0 Å². The Hall–Kier alpha value is -7.44. The van der Waals surface area contributed by atoms with Gasteiger partial charge >= 0.3 is 0 Å². The largest absolute Gasteiger partial charge is 0.416 e. The summed E-state index contributed by atoms with van der Waals surface area (Å²) in [6.45, 7) is 6.61. The summed E-state index contributed by atoms with van der Waals surface area (Å²) in [4.78, 5) is 10.5. The molecule has 8 aromatic rings. The van der Waals surface area contributed by atoms with Crippen LogP contribution < -0.4 is 4.90 Å². The molecule has 6 nitrogen and oxygen atoms in total. The van der Waals surface area contributed by atoms with Gasteiger partial charge in [-0.1, -0.05) is 118 Å². The van der Waals surface area contributed by atoms with Gasteiger partial charge in [-0.15, -0.1) is 10.2 Å². The summed E-state index contributed by atoms with van der Waals surface area (Å²) in [5.41, 5.74) is 13.0. The zero-order chi connectivity index (χ0) is 39.7. The van der Waals surface area contributed by atoms with E-state index in [1.165, 1.54) is 5.56 Å². The molecule has 0 N–H and O–H groups in total. The maximum absolute atomic E-state index is 6.06. The van der Waals surface area contributed by atoms with E-state index in [2.05, 4.69) is 179 Å². The van der Waals surface area contributed by atoms with Crippen molar-refractivity contribution in [3.63, 3.8) is 0 Å². The first-order valence-corrected chi connectivity index (χ1v) is 19.3. The van der Waals surface area contributed by atoms with Gasteiger partial charge in [0.1, 0.15) is 0 Å². The van der Waals surface area contributed by atoms with Gasteiger partial charge in [0, 0.05) is 53.0 Å². The Labute approximate surface area is 340 Å². The van der Waals surface area contributed by atoms with Crippen molar-refractivity contribution in [3.05, 3.63) is 209 Å². The maximum atomic E-state index is 6.06. The minimum absolute atomic E-state index is 0.0842. The molecule has 0 amide bonds. The van der Waals surface area contributed by atoms with Crippen molar-refractivity contribution >= 4 is 53.5 Å². The first-order valence-electron chi connectivity index (χ1n) is 19.3. The SMILES string of the molecule is CC(C)(C)c1ccc(-c2nnc(-c3ccc(/C=C/c4ccc(N(c5ccc(/C=C/c6ccncc6)cc5)c5ccc(/C=C/c6ccncc6)cc5)cc4)cc3)o2)cc1. The van der Waals surface area contributed by atoms with Crippen LogP contribution >= 0.6 is 0 Å². The Morgan fingerprint density at radius 2 is 0.672 bits per heavy atom. The molecule has 0 fully saturated rings. The molecule has 6 heteroatoms. The highest BCUT2D eigenvalue weighted by atomic mass is 16.4. The van der Waals surface area contributed by atoms with Crippen LogP contribution in [0.5, 0.6) is 0 Å². The molecular weight excluding hydrogens is 711 g/mol. The average molecular weight is 754 g/mol. The van der Waals surface area contributed by atoms with Gasteiger partial charge in [0.15, 0.2) is 0 Å². The Morgan fingerprint density at radius 3 is 1.00 bits per heavy atom. The molecular formula is C52H43N5O. The molecule has 5 aromatic carbocycles. The Balaban J connectivity index is 0.986. The number of hydrogen-bond donors (Lipinski definition) is 0. The van der Waals surface area contributed by atoms with E-state index < -0.39 is 0 Å². The Bertz CT molecular complexity index is 2540. The van der Waals surface area contributed by atoms with Crippen LogP contribution in [0.4, 0.5) is 17.1 Å². The molecule has 0 atom stereocenters. The second kappa shape index (κ2) is 17.1. The van der Waals surface area contributed by atoms with Gasteiger partial charge in [0.2, 0.25) is 11.8 Å². The molecule has 0 spiro atoms. The summed E-state index contributed by atoms with van der Waals surface area (Å²) in [5.74, 6) is 1.01. The number of hydrogen-bond acceptors (Lipinski definition) is 6. The van der Waals surface area contributed by atoms with E-state index >= 15 is 0 Å². The standard InChI is InChI=1S/C52H43N5O/c1-52(2,3)46-22-20-45(21-23-46)51-56-55-50(58-51)44-18-10-38(11-19-44)4-5-39-12-24-47(25-13-39)57(48-26-14-40(15-27-48)6-8-42-30-34-53-35-31-42)49-28-16-41(17-29-49)7-9-43-32-36-54-37-33-43/h4-37H,1-3H3/b5-4+,8-6+,9-7+. The Morgan fingerprint density at radius 1 is 0.379 bits per heavy atom. The maximum Gasteiger partial charge on any atom is 0.248 e. The van der Waals surface area contributed by atoms with Gasteiger partial charge < -0.3 is 9.32 Å². The Kier molecular flexibility index (Phi) is 11.1. The fourth-order valence-corrected chi connectivity index (χ4v) is 6.48. The van der Waals surface area contributed by atoms with Crippen LogP contribution in [0.2, 0.25) is 0 Å². The normalized spacial score (nSPS) is 11.8. The lowest BCUT2D eigenvalue weighted by atomic mass is 9.87. The van der Waals surface area contributed by atoms with E-state index in [1.807, 2.05) is 48.5 Å². The number of aromatic nitrogens is 4. The van der Waals surface area contributed by atoms with Crippen LogP contribution in [0.3, 0.4) is 0 Å². The third-order valence-electron chi connectivity index (χ3n) is 9.85. The quantitative estimate of drug-likeness (QED) is 0.123. The van der Waals surface area contributed by atoms with Crippen molar-refractivity contribution in [1.29, 1.82) is 0 Å². The van der Waals surface area contributed by atoms with Gasteiger partial charge in [-0.25, -0.2) is 0 Å². The lowest BCUT2D eigenvalue weighted by Crippen LogP contribution is -2.10. The van der Waals surface area contributed by atoms with Crippen molar-refractivity contribution in [2.75, 3.05) is 4.90 Å². The van der Waals surface area contributed by atoms with Crippen LogP contribution in [0.25, 0.3) is 59.4 Å². The third-order valence-corrected chi connectivity index (χ3v) is 9.85. The molecule has 3 heterocycles. The summed E-state index contributed by atoms with van der Waals surface area (Å²) in [5, 5.41) is 8.63. The summed E-state index contributed by atoms with van der Waals surface area (Å²) < 4.78 is 6.06. The lowest BCUT2D eigenvalue weighted by Gasteiger charge is -2.26. The van der Waals surface area contributed by atoms with Crippen molar-refractivity contribution < 1.29 is 4.42 Å².